The van der Waals surface area contributed by atoms with Crippen LogP contribution in [0.15, 0.2) is 0 Å². The van der Waals surface area contributed by atoms with Crippen molar-refractivity contribution in [3.05, 3.63) is 0 Å². The van der Waals surface area contributed by atoms with E-state index in [0.717, 1.165) is 0 Å². The molecule has 0 aromatic carbocycles. The third kappa shape index (κ3) is 4.32. The van der Waals surface area contributed by atoms with E-state index in [2.05, 4.69) is 5.32 Å². The molecule has 0 bridgehead atoms. The number of nitrogens with one attached hydrogen (secondary N) is 1. The van der Waals surface area contributed by atoms with Gasteiger partial charge in [0, 0.05) is 27.8 Å². The highest BCUT2D eigenvalue weighted by atomic mass is 16.5. The van der Waals surface area contributed by atoms with Crippen LogP contribution in [-0.2, 0) is 19.0 Å². The Bertz CT molecular complexity index is 338. The molecule has 1 aliphatic heterocycles. The smallest absolute Gasteiger partial charge is 0.317 e. The van der Waals surface area contributed by atoms with Crippen molar-refractivity contribution in [3.8, 4) is 0 Å². The van der Waals surface area contributed by atoms with Gasteiger partial charge in [-0.25, -0.2) is 4.79 Å². The molecule has 1 fully saturated rings. The summed E-state index contributed by atoms with van der Waals surface area (Å²) in [6, 6.07) is -0.819. The number of likely N-dealkylation sites (N-methyl/N-ethyl adjacent to an activating group) is 1. The number of carboxylic acid groups (broad SMARTS) is 1. The second-order valence-electron chi connectivity index (χ2n) is 4.66. The van der Waals surface area contributed by atoms with Crippen LogP contribution in [0.3, 0.4) is 0 Å². The summed E-state index contributed by atoms with van der Waals surface area (Å²) < 4.78 is 15.2. The Morgan fingerprint density at radius 1 is 1.45 bits per heavy atom. The van der Waals surface area contributed by atoms with Crippen molar-refractivity contribution in [1.82, 2.24) is 10.2 Å². The molecule has 1 heterocycles. The lowest BCUT2D eigenvalue weighted by Crippen LogP contribution is -2.50. The first-order chi connectivity index (χ1) is 9.51. The molecule has 1 saturated heterocycles. The van der Waals surface area contributed by atoms with Crippen molar-refractivity contribution in [1.29, 1.82) is 0 Å². The van der Waals surface area contributed by atoms with Gasteiger partial charge in [0.2, 0.25) is 0 Å². The van der Waals surface area contributed by atoms with E-state index in [-0.39, 0.29) is 25.3 Å². The summed E-state index contributed by atoms with van der Waals surface area (Å²) in [5.41, 5.74) is 0. The van der Waals surface area contributed by atoms with Gasteiger partial charge in [0.25, 0.3) is 0 Å². The molecule has 8 heteroatoms. The monoisotopic (exact) mass is 290 g/mol. The SMILES string of the molecule is COCC(CNC(=O)N(C)C1COCC1C(=O)O)OC. The normalized spacial score (nSPS) is 23.4. The minimum absolute atomic E-state index is 0.127. The van der Waals surface area contributed by atoms with Crippen LogP contribution in [0.5, 0.6) is 0 Å². The van der Waals surface area contributed by atoms with E-state index >= 15 is 0 Å². The second-order valence-corrected chi connectivity index (χ2v) is 4.66. The third-order valence-corrected chi connectivity index (χ3v) is 3.35. The molecule has 2 amide bonds. The number of nitrogens with zero attached hydrogens (tertiary/aromatic N) is 1. The molecule has 0 aromatic heterocycles. The first kappa shape index (κ1) is 16.7. The minimum Gasteiger partial charge on any atom is -0.481 e. The average Bonchev–Trinajstić information content (AvgIpc) is 2.91. The van der Waals surface area contributed by atoms with Crippen molar-refractivity contribution < 1.29 is 28.9 Å². The number of amides is 2. The van der Waals surface area contributed by atoms with E-state index in [9.17, 15) is 9.59 Å². The first-order valence-corrected chi connectivity index (χ1v) is 6.34. The highest BCUT2D eigenvalue weighted by Gasteiger charge is 2.38. The van der Waals surface area contributed by atoms with Crippen LogP contribution >= 0.6 is 0 Å². The van der Waals surface area contributed by atoms with Crippen LogP contribution in [0.2, 0.25) is 0 Å². The molecule has 0 spiro atoms. The zero-order valence-electron chi connectivity index (χ0n) is 12.0. The van der Waals surface area contributed by atoms with Crippen molar-refractivity contribution in [2.45, 2.75) is 12.1 Å². The summed E-state index contributed by atoms with van der Waals surface area (Å²) in [4.78, 5) is 24.4. The summed E-state index contributed by atoms with van der Waals surface area (Å²) in [5.74, 6) is -1.65. The Balaban J connectivity index is 2.48. The molecule has 3 atom stereocenters. The van der Waals surface area contributed by atoms with E-state index in [1.807, 2.05) is 0 Å². The Kier molecular flexibility index (Phi) is 6.69. The number of hydrogen-bond donors (Lipinski definition) is 2. The summed E-state index contributed by atoms with van der Waals surface area (Å²) in [6.07, 6.45) is -0.243. The van der Waals surface area contributed by atoms with Gasteiger partial charge < -0.3 is 29.5 Å². The second kappa shape index (κ2) is 8.03. The number of carbonyl (C=O) groups excluding carboxylic acids is 1. The van der Waals surface area contributed by atoms with E-state index in [1.54, 1.807) is 14.2 Å². The number of hydrogen-bond acceptors (Lipinski definition) is 5. The molecule has 2 N–H and O–H groups in total. The predicted octanol–water partition coefficient (Wildman–Crippen LogP) is -0.611. The summed E-state index contributed by atoms with van der Waals surface area (Å²) in [6.45, 7) is 1.01. The van der Waals surface area contributed by atoms with Gasteiger partial charge in [-0.2, -0.15) is 0 Å². The standard InChI is InChI=1S/C12H22N2O6/c1-14(10-7-20-6-9(10)11(15)16)12(17)13-4-8(19-3)5-18-2/h8-10H,4-7H2,1-3H3,(H,13,17)(H,15,16). The summed E-state index contributed by atoms with van der Waals surface area (Å²) in [7, 11) is 4.64. The molecule has 1 aliphatic rings. The molecular formula is C12H22N2O6. The minimum atomic E-state index is -0.957. The van der Waals surface area contributed by atoms with Gasteiger partial charge in [0.15, 0.2) is 0 Å². The molecule has 0 aliphatic carbocycles. The fourth-order valence-corrected chi connectivity index (χ4v) is 2.03. The molecule has 0 saturated carbocycles. The number of ether oxygens (including phenoxy) is 3. The maximum Gasteiger partial charge on any atom is 0.317 e. The molecule has 0 radical (unpaired) electrons. The maximum absolute atomic E-state index is 12.0. The Morgan fingerprint density at radius 2 is 2.15 bits per heavy atom. The molecule has 0 aromatic rings. The molecule has 3 unspecified atom stereocenters. The number of rotatable bonds is 7. The fraction of sp³-hybridized carbons (Fsp3) is 0.833. The van der Waals surface area contributed by atoms with E-state index in [0.29, 0.717) is 13.2 Å². The Hall–Kier alpha value is -1.38. The van der Waals surface area contributed by atoms with Gasteiger partial charge in [-0.05, 0) is 0 Å². The lowest BCUT2D eigenvalue weighted by atomic mass is 10.0. The number of carbonyl (C=O) groups is 2. The van der Waals surface area contributed by atoms with Crippen LogP contribution in [-0.4, -0.2) is 81.8 Å². The van der Waals surface area contributed by atoms with Crippen molar-refractivity contribution in [3.63, 3.8) is 0 Å². The van der Waals surface area contributed by atoms with Gasteiger partial charge in [-0.1, -0.05) is 0 Å². The molecule has 8 nitrogen and oxygen atoms in total. The van der Waals surface area contributed by atoms with Gasteiger partial charge in [-0.15, -0.1) is 0 Å². The van der Waals surface area contributed by atoms with Crippen LogP contribution in [0.25, 0.3) is 0 Å². The van der Waals surface area contributed by atoms with Crippen LogP contribution in [0, 0.1) is 5.92 Å². The number of carboxylic acids is 1. The number of urea groups is 1. The van der Waals surface area contributed by atoms with Crippen molar-refractivity contribution in [2.24, 2.45) is 5.92 Å². The Morgan fingerprint density at radius 3 is 2.70 bits per heavy atom. The third-order valence-electron chi connectivity index (χ3n) is 3.35. The first-order valence-electron chi connectivity index (χ1n) is 6.34. The van der Waals surface area contributed by atoms with Crippen molar-refractivity contribution in [2.75, 3.05) is 47.6 Å². The van der Waals surface area contributed by atoms with Gasteiger partial charge in [0.1, 0.15) is 5.92 Å². The van der Waals surface area contributed by atoms with Gasteiger partial charge >= 0.3 is 12.0 Å². The lowest BCUT2D eigenvalue weighted by Gasteiger charge is -2.27. The zero-order valence-corrected chi connectivity index (χ0v) is 12.0. The summed E-state index contributed by atoms with van der Waals surface area (Å²) in [5, 5.41) is 11.8. The van der Waals surface area contributed by atoms with E-state index in [1.165, 1.54) is 12.0 Å². The predicted molar refractivity (Wildman–Crippen MR) is 69.6 cm³/mol. The van der Waals surface area contributed by atoms with Crippen LogP contribution < -0.4 is 5.32 Å². The number of aliphatic carboxylic acids is 1. The average molecular weight is 290 g/mol. The number of methoxy groups -OCH3 is 2. The van der Waals surface area contributed by atoms with Gasteiger partial charge in [0.05, 0.1) is 32.0 Å². The zero-order chi connectivity index (χ0) is 15.1. The topological polar surface area (TPSA) is 97.3 Å². The highest BCUT2D eigenvalue weighted by Crippen LogP contribution is 2.18. The Labute approximate surface area is 118 Å². The molecule has 116 valence electrons. The van der Waals surface area contributed by atoms with E-state index in [4.69, 9.17) is 19.3 Å². The van der Waals surface area contributed by atoms with E-state index < -0.39 is 17.9 Å². The van der Waals surface area contributed by atoms with Crippen molar-refractivity contribution >= 4 is 12.0 Å². The molecule has 1 rings (SSSR count). The molecular weight excluding hydrogens is 268 g/mol. The van der Waals surface area contributed by atoms with Crippen LogP contribution in [0.4, 0.5) is 4.79 Å². The van der Waals surface area contributed by atoms with Crippen LogP contribution in [0.1, 0.15) is 0 Å². The summed E-state index contributed by atoms with van der Waals surface area (Å²) >= 11 is 0. The maximum atomic E-state index is 12.0. The fourth-order valence-electron chi connectivity index (χ4n) is 2.03. The molecule has 20 heavy (non-hydrogen) atoms. The quantitative estimate of drug-likeness (QED) is 0.649. The van der Waals surface area contributed by atoms with Gasteiger partial charge in [-0.3, -0.25) is 4.79 Å². The highest BCUT2D eigenvalue weighted by molar-refractivity contribution is 5.77. The lowest BCUT2D eigenvalue weighted by molar-refractivity contribution is -0.142. The largest absolute Gasteiger partial charge is 0.481 e.